The van der Waals surface area contributed by atoms with Crippen molar-refractivity contribution < 1.29 is 14.3 Å². The monoisotopic (exact) mass is 487 g/mol. The van der Waals surface area contributed by atoms with Crippen LogP contribution in [0.2, 0.25) is 0 Å². The molecule has 2 aromatic heterocycles. The maximum Gasteiger partial charge on any atom is 0.420 e. The Labute approximate surface area is 189 Å². The number of rotatable bonds is 3. The van der Waals surface area contributed by atoms with E-state index in [4.69, 9.17) is 9.47 Å². The van der Waals surface area contributed by atoms with Crippen LogP contribution in [0.3, 0.4) is 0 Å². The molecule has 1 aliphatic heterocycles. The lowest BCUT2D eigenvalue weighted by atomic mass is 10.1. The van der Waals surface area contributed by atoms with Gasteiger partial charge in [0.2, 0.25) is 0 Å². The molecule has 0 atom stereocenters. The number of hydrogen-bond acceptors (Lipinski definition) is 6. The number of aryl methyl sites for hydroxylation is 1. The first kappa shape index (κ1) is 21.6. The molecule has 0 saturated carbocycles. The minimum atomic E-state index is -0.654. The number of anilines is 3. The van der Waals surface area contributed by atoms with E-state index >= 15 is 0 Å². The molecule has 1 fully saturated rings. The molecule has 0 spiro atoms. The summed E-state index contributed by atoms with van der Waals surface area (Å²) in [4.78, 5) is 26.0. The molecule has 1 aliphatic rings. The Bertz CT molecular complexity index is 1100. The normalized spacial score (nSPS) is 14.7. The quantitative estimate of drug-likeness (QED) is 0.532. The zero-order valence-electron chi connectivity index (χ0n) is 18.1. The van der Waals surface area contributed by atoms with Crippen LogP contribution in [0.25, 0.3) is 5.65 Å². The second kappa shape index (κ2) is 8.47. The van der Waals surface area contributed by atoms with Crippen LogP contribution in [-0.2, 0) is 9.47 Å². The standard InChI is InChI=1S/C22H26BrN5O3/c1-15-13-16(5-6-17(15)26-9-11-30-12-10-26)28(21(29)31-22(2,3)4)20-19-24-7-8-27(19)18(23)14-25-20/h5-8,13-14H,9-12H2,1-4H3. The highest BCUT2D eigenvalue weighted by molar-refractivity contribution is 9.10. The molecule has 4 rings (SSSR count). The average molecular weight is 488 g/mol. The summed E-state index contributed by atoms with van der Waals surface area (Å²) < 4.78 is 13.8. The fourth-order valence-electron chi connectivity index (χ4n) is 3.59. The van der Waals surface area contributed by atoms with Crippen LogP contribution in [0.1, 0.15) is 26.3 Å². The largest absolute Gasteiger partial charge is 0.443 e. The molecule has 0 radical (unpaired) electrons. The van der Waals surface area contributed by atoms with Crippen molar-refractivity contribution in [2.24, 2.45) is 0 Å². The van der Waals surface area contributed by atoms with Gasteiger partial charge in [-0.25, -0.2) is 19.7 Å². The third kappa shape index (κ3) is 4.52. The maximum absolute atomic E-state index is 13.3. The van der Waals surface area contributed by atoms with Crippen molar-refractivity contribution in [1.29, 1.82) is 0 Å². The van der Waals surface area contributed by atoms with Crippen LogP contribution in [0.4, 0.5) is 22.0 Å². The average Bonchev–Trinajstić information content (AvgIpc) is 3.20. The summed E-state index contributed by atoms with van der Waals surface area (Å²) in [6.07, 6.45) is 4.62. The van der Waals surface area contributed by atoms with Crippen molar-refractivity contribution >= 4 is 44.9 Å². The molecule has 0 N–H and O–H groups in total. The molecule has 1 aromatic carbocycles. The number of fused-ring (bicyclic) bond motifs is 1. The number of morpholine rings is 1. The fourth-order valence-corrected chi connectivity index (χ4v) is 3.98. The summed E-state index contributed by atoms with van der Waals surface area (Å²) in [6.45, 7) is 10.7. The highest BCUT2D eigenvalue weighted by Gasteiger charge is 2.29. The van der Waals surface area contributed by atoms with Gasteiger partial charge in [0, 0.05) is 31.2 Å². The number of hydrogen-bond donors (Lipinski definition) is 0. The second-order valence-electron chi connectivity index (χ2n) is 8.41. The smallest absolute Gasteiger partial charge is 0.420 e. The third-order valence-electron chi connectivity index (χ3n) is 4.94. The molecular formula is C22H26BrN5O3. The third-order valence-corrected chi connectivity index (χ3v) is 5.53. The van der Waals surface area contributed by atoms with E-state index < -0.39 is 11.7 Å². The summed E-state index contributed by atoms with van der Waals surface area (Å²) in [6, 6.07) is 5.94. The van der Waals surface area contributed by atoms with Crippen LogP contribution in [0.15, 0.2) is 41.4 Å². The van der Waals surface area contributed by atoms with Gasteiger partial charge in [-0.15, -0.1) is 0 Å². The van der Waals surface area contributed by atoms with Crippen LogP contribution < -0.4 is 9.80 Å². The number of nitrogens with zero attached hydrogens (tertiary/aromatic N) is 5. The lowest BCUT2D eigenvalue weighted by Gasteiger charge is -2.31. The first-order chi connectivity index (χ1) is 14.7. The van der Waals surface area contributed by atoms with Crippen molar-refractivity contribution in [3.63, 3.8) is 0 Å². The predicted octanol–water partition coefficient (Wildman–Crippen LogP) is 4.71. The number of carbonyl (C=O) groups excluding carboxylic acids is 1. The van der Waals surface area contributed by atoms with Crippen LogP contribution in [-0.4, -0.2) is 52.4 Å². The summed E-state index contributed by atoms with van der Waals surface area (Å²) in [5.41, 5.74) is 2.76. The van der Waals surface area contributed by atoms with Crippen LogP contribution >= 0.6 is 15.9 Å². The molecule has 1 saturated heterocycles. The Morgan fingerprint density at radius 3 is 2.65 bits per heavy atom. The number of ether oxygens (including phenoxy) is 2. The molecule has 0 bridgehead atoms. The molecule has 9 heteroatoms. The van der Waals surface area contributed by atoms with Crippen molar-refractivity contribution in [2.45, 2.75) is 33.3 Å². The molecular weight excluding hydrogens is 462 g/mol. The Hall–Kier alpha value is -2.65. The van der Waals surface area contributed by atoms with E-state index in [0.717, 1.165) is 28.9 Å². The maximum atomic E-state index is 13.3. The van der Waals surface area contributed by atoms with Crippen molar-refractivity contribution in [3.8, 4) is 0 Å². The Morgan fingerprint density at radius 2 is 1.97 bits per heavy atom. The minimum absolute atomic E-state index is 0.404. The first-order valence-electron chi connectivity index (χ1n) is 10.2. The van der Waals surface area contributed by atoms with E-state index in [0.29, 0.717) is 30.4 Å². The lowest BCUT2D eigenvalue weighted by molar-refractivity contribution is 0.0598. The number of benzene rings is 1. The van der Waals surface area contributed by atoms with Gasteiger partial charge in [-0.1, -0.05) is 0 Å². The molecule has 164 valence electrons. The summed E-state index contributed by atoms with van der Waals surface area (Å²) in [5, 5.41) is 0. The van der Waals surface area contributed by atoms with Gasteiger partial charge in [-0.3, -0.25) is 4.40 Å². The zero-order valence-corrected chi connectivity index (χ0v) is 19.7. The van der Waals surface area contributed by atoms with E-state index in [-0.39, 0.29) is 0 Å². The number of carbonyl (C=O) groups is 1. The lowest BCUT2D eigenvalue weighted by Crippen LogP contribution is -2.37. The van der Waals surface area contributed by atoms with E-state index in [1.807, 2.05) is 56.5 Å². The van der Waals surface area contributed by atoms with Gasteiger partial charge in [0.15, 0.2) is 11.5 Å². The highest BCUT2D eigenvalue weighted by atomic mass is 79.9. The Balaban J connectivity index is 1.79. The fraction of sp³-hybridized carbons (Fsp3) is 0.409. The van der Waals surface area contributed by atoms with Crippen LogP contribution in [0, 0.1) is 6.92 Å². The number of imidazole rings is 1. The Morgan fingerprint density at radius 1 is 1.23 bits per heavy atom. The zero-order chi connectivity index (χ0) is 22.2. The molecule has 3 heterocycles. The van der Waals surface area contributed by atoms with Gasteiger partial charge in [0.05, 0.1) is 25.1 Å². The molecule has 31 heavy (non-hydrogen) atoms. The van der Waals surface area contributed by atoms with Gasteiger partial charge < -0.3 is 14.4 Å². The van der Waals surface area contributed by atoms with Crippen molar-refractivity contribution in [3.05, 3.63) is 47.0 Å². The Kier molecular flexibility index (Phi) is 5.90. The van der Waals surface area contributed by atoms with Gasteiger partial charge in [0.1, 0.15) is 10.2 Å². The highest BCUT2D eigenvalue weighted by Crippen LogP contribution is 2.33. The molecule has 8 nitrogen and oxygen atoms in total. The van der Waals surface area contributed by atoms with Gasteiger partial charge >= 0.3 is 6.09 Å². The molecule has 1 amide bonds. The SMILES string of the molecule is Cc1cc(N(C(=O)OC(C)(C)C)c2ncc(Br)n3ccnc23)ccc1N1CCOCC1. The number of aromatic nitrogens is 3. The summed E-state index contributed by atoms with van der Waals surface area (Å²) >= 11 is 3.48. The van der Waals surface area contributed by atoms with E-state index in [2.05, 4.69) is 30.8 Å². The number of halogens is 1. The summed E-state index contributed by atoms with van der Waals surface area (Å²) in [5.74, 6) is 0.404. The first-order valence-corrected chi connectivity index (χ1v) is 11.0. The van der Waals surface area contributed by atoms with E-state index in [1.54, 1.807) is 12.4 Å². The van der Waals surface area contributed by atoms with Crippen molar-refractivity contribution in [1.82, 2.24) is 14.4 Å². The second-order valence-corrected chi connectivity index (χ2v) is 9.22. The molecule has 0 unspecified atom stereocenters. The van der Waals surface area contributed by atoms with E-state index in [9.17, 15) is 4.79 Å². The van der Waals surface area contributed by atoms with Gasteiger partial charge in [-0.05, 0) is 67.4 Å². The predicted molar refractivity (Wildman–Crippen MR) is 123 cm³/mol. The van der Waals surface area contributed by atoms with Gasteiger partial charge in [0.25, 0.3) is 0 Å². The van der Waals surface area contributed by atoms with Crippen molar-refractivity contribution in [2.75, 3.05) is 36.1 Å². The minimum Gasteiger partial charge on any atom is -0.443 e. The topological polar surface area (TPSA) is 72.2 Å². The molecule has 0 aliphatic carbocycles. The van der Waals surface area contributed by atoms with Gasteiger partial charge in [-0.2, -0.15) is 0 Å². The van der Waals surface area contributed by atoms with Crippen LogP contribution in [0.5, 0.6) is 0 Å². The summed E-state index contributed by atoms with van der Waals surface area (Å²) in [7, 11) is 0. The number of amides is 1. The molecule has 3 aromatic rings. The van der Waals surface area contributed by atoms with E-state index in [1.165, 1.54) is 4.90 Å².